The molecule has 158 valence electrons. The zero-order chi connectivity index (χ0) is 21.7. The topological polar surface area (TPSA) is 101 Å². The van der Waals surface area contributed by atoms with Crippen molar-refractivity contribution in [1.29, 1.82) is 0 Å². The van der Waals surface area contributed by atoms with E-state index in [9.17, 15) is 13.2 Å². The Morgan fingerprint density at radius 1 is 1.13 bits per heavy atom. The first-order valence-electron chi connectivity index (χ1n) is 8.71. The maximum Gasteiger partial charge on any atom is 0.243 e. The quantitative estimate of drug-likeness (QED) is 0.511. The van der Waals surface area contributed by atoms with Crippen molar-refractivity contribution in [3.63, 3.8) is 0 Å². The van der Waals surface area contributed by atoms with Gasteiger partial charge >= 0.3 is 0 Å². The smallest absolute Gasteiger partial charge is 0.243 e. The van der Waals surface area contributed by atoms with E-state index in [2.05, 4.69) is 15.5 Å². The number of sulfonamides is 1. The third-order valence-electron chi connectivity index (χ3n) is 4.14. The Labute approximate surface area is 183 Å². The SMILES string of the molecule is COc1ccc(-c2nnc(NC(=O)CN(C)S(=O)(=O)c3ccc(SC)cc3)s2)cc1. The van der Waals surface area contributed by atoms with Crippen LogP contribution in [-0.4, -0.2) is 55.8 Å². The summed E-state index contributed by atoms with van der Waals surface area (Å²) in [6.07, 6.45) is 1.91. The van der Waals surface area contributed by atoms with Gasteiger partial charge in [-0.15, -0.1) is 22.0 Å². The second-order valence-electron chi connectivity index (χ2n) is 6.13. The summed E-state index contributed by atoms with van der Waals surface area (Å²) < 4.78 is 31.5. The number of nitrogens with one attached hydrogen (secondary N) is 1. The van der Waals surface area contributed by atoms with Gasteiger partial charge in [0.25, 0.3) is 0 Å². The molecule has 0 unspecified atom stereocenters. The summed E-state index contributed by atoms with van der Waals surface area (Å²) >= 11 is 2.72. The predicted octanol–water partition coefficient (Wildman–Crippen LogP) is 3.19. The maximum absolute atomic E-state index is 12.7. The van der Waals surface area contributed by atoms with E-state index in [1.807, 2.05) is 18.4 Å². The number of hydrogen-bond acceptors (Lipinski definition) is 8. The normalized spacial score (nSPS) is 11.5. The molecule has 0 aliphatic rings. The molecule has 0 spiro atoms. The third kappa shape index (κ3) is 5.17. The van der Waals surface area contributed by atoms with E-state index >= 15 is 0 Å². The number of rotatable bonds is 8. The molecule has 3 aromatic rings. The lowest BCUT2D eigenvalue weighted by Gasteiger charge is -2.16. The first kappa shape index (κ1) is 22.2. The van der Waals surface area contributed by atoms with Crippen molar-refractivity contribution in [3.8, 4) is 16.3 Å². The number of carbonyl (C=O) groups is 1. The molecular weight excluding hydrogens is 444 g/mol. The van der Waals surface area contributed by atoms with Gasteiger partial charge in [-0.2, -0.15) is 4.31 Å². The molecule has 1 aromatic heterocycles. The van der Waals surface area contributed by atoms with Crippen molar-refractivity contribution in [1.82, 2.24) is 14.5 Å². The number of likely N-dealkylation sites (N-methyl/N-ethyl adjacent to an activating group) is 1. The van der Waals surface area contributed by atoms with E-state index in [0.29, 0.717) is 10.1 Å². The Hall–Kier alpha value is -2.47. The lowest BCUT2D eigenvalue weighted by molar-refractivity contribution is -0.116. The molecule has 0 saturated carbocycles. The molecule has 0 radical (unpaired) electrons. The Morgan fingerprint density at radius 3 is 2.40 bits per heavy atom. The molecule has 2 aromatic carbocycles. The second kappa shape index (κ2) is 9.56. The van der Waals surface area contributed by atoms with Crippen molar-refractivity contribution in [3.05, 3.63) is 48.5 Å². The summed E-state index contributed by atoms with van der Waals surface area (Å²) in [5, 5.41) is 11.5. The molecule has 0 bridgehead atoms. The molecule has 3 rings (SSSR count). The number of hydrogen-bond donors (Lipinski definition) is 1. The number of nitrogens with zero attached hydrogens (tertiary/aromatic N) is 3. The van der Waals surface area contributed by atoms with Gasteiger partial charge < -0.3 is 4.74 Å². The van der Waals surface area contributed by atoms with E-state index in [4.69, 9.17) is 4.74 Å². The monoisotopic (exact) mass is 464 g/mol. The first-order chi connectivity index (χ1) is 14.3. The number of thioether (sulfide) groups is 1. The minimum Gasteiger partial charge on any atom is -0.497 e. The molecule has 1 heterocycles. The van der Waals surface area contributed by atoms with Gasteiger partial charge in [0.2, 0.25) is 21.1 Å². The Morgan fingerprint density at radius 2 is 1.80 bits per heavy atom. The molecule has 30 heavy (non-hydrogen) atoms. The van der Waals surface area contributed by atoms with Crippen molar-refractivity contribution in [2.24, 2.45) is 0 Å². The Bertz CT molecular complexity index is 1110. The van der Waals surface area contributed by atoms with Crippen LogP contribution >= 0.6 is 23.1 Å². The van der Waals surface area contributed by atoms with Gasteiger partial charge in [0.15, 0.2) is 0 Å². The van der Waals surface area contributed by atoms with Crippen LogP contribution in [0.3, 0.4) is 0 Å². The van der Waals surface area contributed by atoms with Gasteiger partial charge in [-0.25, -0.2) is 8.42 Å². The number of carbonyl (C=O) groups excluding carboxylic acids is 1. The van der Waals surface area contributed by atoms with Crippen molar-refractivity contribution >= 4 is 44.2 Å². The van der Waals surface area contributed by atoms with E-state index < -0.39 is 15.9 Å². The summed E-state index contributed by atoms with van der Waals surface area (Å²) in [7, 11) is -0.828. The largest absolute Gasteiger partial charge is 0.497 e. The minimum absolute atomic E-state index is 0.133. The molecule has 8 nitrogen and oxygen atoms in total. The summed E-state index contributed by atoms with van der Waals surface area (Å²) in [5.74, 6) is 0.225. The highest BCUT2D eigenvalue weighted by Crippen LogP contribution is 2.28. The number of aromatic nitrogens is 2. The van der Waals surface area contributed by atoms with Crippen LogP contribution in [0.25, 0.3) is 10.6 Å². The highest BCUT2D eigenvalue weighted by Gasteiger charge is 2.23. The molecule has 0 saturated heterocycles. The number of amides is 1. The van der Waals surface area contributed by atoms with Gasteiger partial charge in [-0.1, -0.05) is 11.3 Å². The van der Waals surface area contributed by atoms with Crippen LogP contribution in [-0.2, 0) is 14.8 Å². The highest BCUT2D eigenvalue weighted by atomic mass is 32.2. The van der Waals surface area contributed by atoms with E-state index in [0.717, 1.165) is 20.5 Å². The lowest BCUT2D eigenvalue weighted by atomic mass is 10.2. The predicted molar refractivity (Wildman–Crippen MR) is 119 cm³/mol. The van der Waals surface area contributed by atoms with Crippen molar-refractivity contribution in [2.75, 3.05) is 32.3 Å². The molecule has 1 N–H and O–H groups in total. The van der Waals surface area contributed by atoms with Crippen LogP contribution in [0.2, 0.25) is 0 Å². The standard InChI is InChI=1S/C19H20N4O4S3/c1-23(30(25,26)16-10-8-15(28-3)9-11-16)12-17(24)20-19-22-21-18(29-19)13-4-6-14(27-2)7-5-13/h4-11H,12H2,1-3H3,(H,20,22,24). The lowest BCUT2D eigenvalue weighted by Crippen LogP contribution is -2.34. The van der Waals surface area contributed by atoms with E-state index in [1.54, 1.807) is 31.4 Å². The number of benzene rings is 2. The van der Waals surface area contributed by atoms with Crippen molar-refractivity contribution in [2.45, 2.75) is 9.79 Å². The summed E-state index contributed by atoms with van der Waals surface area (Å²) in [5.41, 5.74) is 0.835. The Balaban J connectivity index is 1.64. The van der Waals surface area contributed by atoms with Crippen LogP contribution in [0.1, 0.15) is 0 Å². The van der Waals surface area contributed by atoms with Crippen LogP contribution in [0, 0.1) is 0 Å². The Kier molecular flexibility index (Phi) is 7.08. The van der Waals surface area contributed by atoms with Gasteiger partial charge in [-0.05, 0) is 54.8 Å². The molecule has 0 aliphatic heterocycles. The molecule has 1 amide bonds. The van der Waals surface area contributed by atoms with Gasteiger partial charge in [-0.3, -0.25) is 10.1 Å². The second-order valence-corrected chi connectivity index (χ2v) is 10.0. The van der Waals surface area contributed by atoms with E-state index in [1.165, 1.54) is 42.3 Å². The molecule has 0 atom stereocenters. The minimum atomic E-state index is -3.78. The van der Waals surface area contributed by atoms with Gasteiger partial charge in [0.1, 0.15) is 10.8 Å². The number of ether oxygens (including phenoxy) is 1. The fourth-order valence-electron chi connectivity index (χ4n) is 2.50. The zero-order valence-corrected chi connectivity index (χ0v) is 19.0. The first-order valence-corrected chi connectivity index (χ1v) is 12.2. The van der Waals surface area contributed by atoms with Crippen LogP contribution in [0.15, 0.2) is 58.3 Å². The third-order valence-corrected chi connectivity index (χ3v) is 7.59. The van der Waals surface area contributed by atoms with Crippen molar-refractivity contribution < 1.29 is 17.9 Å². The maximum atomic E-state index is 12.7. The fraction of sp³-hybridized carbons (Fsp3) is 0.211. The van der Waals surface area contributed by atoms with E-state index in [-0.39, 0.29) is 11.4 Å². The molecule has 0 aliphatic carbocycles. The summed E-state index contributed by atoms with van der Waals surface area (Å²) in [4.78, 5) is 13.4. The fourth-order valence-corrected chi connectivity index (χ4v) is 4.80. The molecule has 11 heteroatoms. The van der Waals surface area contributed by atoms with Gasteiger partial charge in [0.05, 0.1) is 18.6 Å². The molecular formula is C19H20N4O4S3. The van der Waals surface area contributed by atoms with Crippen LogP contribution < -0.4 is 10.1 Å². The molecule has 0 fully saturated rings. The summed E-state index contributed by atoms with van der Waals surface area (Å²) in [6, 6.07) is 13.8. The van der Waals surface area contributed by atoms with Gasteiger partial charge in [0, 0.05) is 17.5 Å². The average Bonchev–Trinajstić information content (AvgIpc) is 3.22. The summed E-state index contributed by atoms with van der Waals surface area (Å²) in [6.45, 7) is -0.343. The zero-order valence-electron chi connectivity index (χ0n) is 16.5. The van der Waals surface area contributed by atoms with Crippen LogP contribution in [0.5, 0.6) is 5.75 Å². The number of anilines is 1. The number of methoxy groups -OCH3 is 1. The average molecular weight is 465 g/mol. The van der Waals surface area contributed by atoms with Crippen LogP contribution in [0.4, 0.5) is 5.13 Å². The highest BCUT2D eigenvalue weighted by molar-refractivity contribution is 7.98.